The molecule has 1 aliphatic heterocycles. The van der Waals surface area contributed by atoms with E-state index in [-0.39, 0.29) is 12.1 Å². The number of rotatable bonds is 3. The van der Waals surface area contributed by atoms with Gasteiger partial charge >= 0.3 is 0 Å². The summed E-state index contributed by atoms with van der Waals surface area (Å²) in [4.78, 5) is 11.3. The van der Waals surface area contributed by atoms with Crippen LogP contribution in [-0.4, -0.2) is 48.9 Å². The SMILES string of the molecule is O[C@@H]1C[C@H]2CN(Cc3nc4ccccc4s3)C[C@H]2C[C@H]1n1cncn1. The molecule has 0 unspecified atom stereocenters. The van der Waals surface area contributed by atoms with Crippen molar-refractivity contribution in [3.63, 3.8) is 0 Å². The summed E-state index contributed by atoms with van der Waals surface area (Å²) in [5.74, 6) is 1.19. The highest BCUT2D eigenvalue weighted by Crippen LogP contribution is 2.41. The number of thiazole rings is 1. The van der Waals surface area contributed by atoms with Gasteiger partial charge in [0.05, 0.1) is 28.9 Å². The number of fused-ring (bicyclic) bond motifs is 2. The summed E-state index contributed by atoms with van der Waals surface area (Å²) >= 11 is 1.79. The van der Waals surface area contributed by atoms with Crippen molar-refractivity contribution in [1.82, 2.24) is 24.6 Å². The zero-order valence-electron chi connectivity index (χ0n) is 13.9. The number of likely N-dealkylation sites (tertiary alicyclic amines) is 1. The molecule has 1 saturated heterocycles. The van der Waals surface area contributed by atoms with Crippen molar-refractivity contribution < 1.29 is 5.11 Å². The summed E-state index contributed by atoms with van der Waals surface area (Å²) in [6.45, 7) is 3.05. The van der Waals surface area contributed by atoms with E-state index in [9.17, 15) is 5.11 Å². The van der Waals surface area contributed by atoms with Crippen LogP contribution < -0.4 is 0 Å². The van der Waals surface area contributed by atoms with Crippen molar-refractivity contribution in [1.29, 1.82) is 0 Å². The largest absolute Gasteiger partial charge is 0.391 e. The summed E-state index contributed by atoms with van der Waals surface area (Å²) < 4.78 is 3.09. The van der Waals surface area contributed by atoms with Crippen LogP contribution in [0.2, 0.25) is 0 Å². The van der Waals surface area contributed by atoms with Gasteiger partial charge < -0.3 is 5.11 Å². The highest BCUT2D eigenvalue weighted by molar-refractivity contribution is 7.18. The van der Waals surface area contributed by atoms with E-state index in [2.05, 4.69) is 33.2 Å². The molecule has 0 radical (unpaired) electrons. The minimum Gasteiger partial charge on any atom is -0.391 e. The Hall–Kier alpha value is -1.83. The summed E-state index contributed by atoms with van der Waals surface area (Å²) in [6, 6.07) is 8.39. The molecule has 0 amide bonds. The molecule has 3 aromatic rings. The highest BCUT2D eigenvalue weighted by atomic mass is 32.1. The van der Waals surface area contributed by atoms with E-state index >= 15 is 0 Å². The van der Waals surface area contributed by atoms with Crippen molar-refractivity contribution in [2.75, 3.05) is 13.1 Å². The molecule has 1 aliphatic carbocycles. The summed E-state index contributed by atoms with van der Waals surface area (Å²) in [6.07, 6.45) is 4.77. The fourth-order valence-electron chi connectivity index (χ4n) is 4.49. The van der Waals surface area contributed by atoms with Gasteiger partial charge in [-0.1, -0.05) is 12.1 Å². The topological polar surface area (TPSA) is 67.1 Å². The van der Waals surface area contributed by atoms with Gasteiger partial charge in [-0.15, -0.1) is 11.3 Å². The molecule has 0 bridgehead atoms. The van der Waals surface area contributed by atoms with Gasteiger partial charge in [-0.05, 0) is 36.8 Å². The van der Waals surface area contributed by atoms with Crippen LogP contribution in [0, 0.1) is 11.8 Å². The monoisotopic (exact) mass is 355 g/mol. The Morgan fingerprint density at radius 2 is 2.00 bits per heavy atom. The van der Waals surface area contributed by atoms with Gasteiger partial charge in [0.1, 0.15) is 17.7 Å². The second-order valence-corrected chi connectivity index (χ2v) is 8.39. The molecule has 1 N–H and O–H groups in total. The van der Waals surface area contributed by atoms with E-state index in [1.54, 1.807) is 24.0 Å². The van der Waals surface area contributed by atoms with Crippen LogP contribution in [0.4, 0.5) is 0 Å². The van der Waals surface area contributed by atoms with Crippen molar-refractivity contribution in [2.24, 2.45) is 11.8 Å². The van der Waals surface area contributed by atoms with E-state index in [1.807, 2.05) is 10.7 Å². The van der Waals surface area contributed by atoms with Gasteiger partial charge in [0.25, 0.3) is 0 Å². The molecule has 5 rings (SSSR count). The number of aromatic nitrogens is 4. The lowest BCUT2D eigenvalue weighted by molar-refractivity contribution is 0.0304. The van der Waals surface area contributed by atoms with Crippen molar-refractivity contribution in [2.45, 2.75) is 31.5 Å². The van der Waals surface area contributed by atoms with E-state index in [4.69, 9.17) is 4.98 Å². The molecule has 2 fully saturated rings. The quantitative estimate of drug-likeness (QED) is 0.781. The second-order valence-electron chi connectivity index (χ2n) is 7.27. The molecule has 2 aromatic heterocycles. The van der Waals surface area contributed by atoms with Gasteiger partial charge in [-0.25, -0.2) is 14.6 Å². The van der Waals surface area contributed by atoms with Crippen LogP contribution in [0.3, 0.4) is 0 Å². The third kappa shape index (κ3) is 2.86. The van der Waals surface area contributed by atoms with Crippen LogP contribution in [0.5, 0.6) is 0 Å². The molecule has 25 heavy (non-hydrogen) atoms. The Bertz CT molecular complexity index is 830. The van der Waals surface area contributed by atoms with Crippen molar-refractivity contribution in [3.05, 3.63) is 41.9 Å². The predicted octanol–water partition coefficient (Wildman–Crippen LogP) is 2.33. The lowest BCUT2D eigenvalue weighted by Gasteiger charge is -2.35. The Kier molecular flexibility index (Phi) is 3.80. The number of hydrogen-bond acceptors (Lipinski definition) is 6. The minimum atomic E-state index is -0.328. The average Bonchev–Trinajstić information content (AvgIpc) is 3.32. The van der Waals surface area contributed by atoms with E-state index in [0.717, 1.165) is 38.0 Å². The maximum atomic E-state index is 10.5. The first-order chi connectivity index (χ1) is 12.3. The normalized spacial score (nSPS) is 30.0. The fraction of sp³-hybridized carbons (Fsp3) is 0.500. The molecule has 6 nitrogen and oxygen atoms in total. The highest BCUT2D eigenvalue weighted by Gasteiger charge is 2.42. The van der Waals surface area contributed by atoms with Gasteiger partial charge in [0.15, 0.2) is 0 Å². The Morgan fingerprint density at radius 3 is 2.80 bits per heavy atom. The number of aliphatic hydroxyl groups is 1. The van der Waals surface area contributed by atoms with Gasteiger partial charge in [0.2, 0.25) is 0 Å². The molecular formula is C18H21N5OS. The first kappa shape index (κ1) is 15.4. The molecule has 1 saturated carbocycles. The van der Waals surface area contributed by atoms with Gasteiger partial charge in [0, 0.05) is 13.1 Å². The number of aliphatic hydroxyl groups excluding tert-OH is 1. The second kappa shape index (κ2) is 6.16. The molecule has 1 aromatic carbocycles. The lowest BCUT2D eigenvalue weighted by atomic mass is 9.77. The van der Waals surface area contributed by atoms with Crippen LogP contribution in [-0.2, 0) is 6.54 Å². The summed E-state index contributed by atoms with van der Waals surface area (Å²) in [7, 11) is 0. The molecule has 130 valence electrons. The summed E-state index contributed by atoms with van der Waals surface area (Å²) in [5, 5.41) is 16.0. The van der Waals surface area contributed by atoms with Crippen molar-refractivity contribution in [3.8, 4) is 0 Å². The van der Waals surface area contributed by atoms with Crippen LogP contribution >= 0.6 is 11.3 Å². The Balaban J connectivity index is 1.29. The zero-order valence-corrected chi connectivity index (χ0v) is 14.7. The van der Waals surface area contributed by atoms with Crippen LogP contribution in [0.15, 0.2) is 36.9 Å². The number of benzene rings is 1. The molecule has 0 spiro atoms. The molecule has 2 aliphatic rings. The zero-order chi connectivity index (χ0) is 16.8. The lowest BCUT2D eigenvalue weighted by Crippen LogP contribution is -2.36. The fourth-order valence-corrected chi connectivity index (χ4v) is 5.50. The van der Waals surface area contributed by atoms with Crippen LogP contribution in [0.1, 0.15) is 23.9 Å². The third-order valence-electron chi connectivity index (χ3n) is 5.66. The van der Waals surface area contributed by atoms with Gasteiger partial charge in [-0.2, -0.15) is 5.10 Å². The van der Waals surface area contributed by atoms with Crippen LogP contribution in [0.25, 0.3) is 10.2 Å². The Morgan fingerprint density at radius 1 is 1.16 bits per heavy atom. The molecular weight excluding hydrogens is 334 g/mol. The maximum Gasteiger partial charge on any atom is 0.137 e. The van der Waals surface area contributed by atoms with Crippen molar-refractivity contribution >= 4 is 21.6 Å². The third-order valence-corrected chi connectivity index (χ3v) is 6.68. The predicted molar refractivity (Wildman–Crippen MR) is 96.2 cm³/mol. The standard InChI is InChI=1S/C18H21N5OS/c24-16-6-13-8-22(7-12(13)5-15(16)23-11-19-10-20-23)9-18-21-14-3-1-2-4-17(14)25-18/h1-4,10-13,15-16,24H,5-9H2/t12-,13+,15-,16-/m1/s1. The first-order valence-electron chi connectivity index (χ1n) is 8.85. The summed E-state index contributed by atoms with van der Waals surface area (Å²) in [5.41, 5.74) is 1.10. The van der Waals surface area contributed by atoms with E-state index in [0.29, 0.717) is 11.8 Å². The molecule has 3 heterocycles. The minimum absolute atomic E-state index is 0.0613. The number of para-hydroxylation sites is 1. The smallest absolute Gasteiger partial charge is 0.137 e. The van der Waals surface area contributed by atoms with E-state index < -0.39 is 0 Å². The maximum absolute atomic E-state index is 10.5. The number of nitrogens with zero attached hydrogens (tertiary/aromatic N) is 5. The average molecular weight is 355 g/mol. The first-order valence-corrected chi connectivity index (χ1v) is 9.67. The Labute approximate surface area is 150 Å². The number of hydrogen-bond donors (Lipinski definition) is 1. The molecule has 4 atom stereocenters. The molecule has 7 heteroatoms. The van der Waals surface area contributed by atoms with Gasteiger partial charge in [-0.3, -0.25) is 4.90 Å². The van der Waals surface area contributed by atoms with E-state index in [1.165, 1.54) is 9.71 Å².